The van der Waals surface area contributed by atoms with Crippen molar-refractivity contribution in [2.75, 3.05) is 18.6 Å². The molecule has 3 heteroatoms. The Bertz CT molecular complexity index is 380. The highest BCUT2D eigenvalue weighted by Gasteiger charge is 2.15. The first-order valence-corrected chi connectivity index (χ1v) is 7.70. The lowest BCUT2D eigenvalue weighted by atomic mass is 10.1. The Labute approximate surface area is 113 Å². The van der Waals surface area contributed by atoms with Crippen LogP contribution in [-0.2, 0) is 0 Å². The molecule has 1 aromatic carbocycles. The van der Waals surface area contributed by atoms with E-state index in [1.807, 2.05) is 24.3 Å². The van der Waals surface area contributed by atoms with Gasteiger partial charge in [0.1, 0.15) is 5.75 Å². The van der Waals surface area contributed by atoms with E-state index in [-0.39, 0.29) is 5.78 Å². The zero-order valence-corrected chi connectivity index (χ0v) is 11.7. The first kappa shape index (κ1) is 13.5. The van der Waals surface area contributed by atoms with Crippen LogP contribution < -0.4 is 4.74 Å². The van der Waals surface area contributed by atoms with Crippen LogP contribution in [0.15, 0.2) is 24.3 Å². The standard InChI is InChI=1S/C15H20O2S/c1-17-14-8-6-13(7-9-14)15(16)11-18-10-12-4-2-3-5-12/h6-9,12H,2-5,10-11H2,1H3. The van der Waals surface area contributed by atoms with Crippen molar-refractivity contribution >= 4 is 17.5 Å². The smallest absolute Gasteiger partial charge is 0.172 e. The fourth-order valence-electron chi connectivity index (χ4n) is 2.36. The van der Waals surface area contributed by atoms with Gasteiger partial charge in [0.05, 0.1) is 12.9 Å². The van der Waals surface area contributed by atoms with Gasteiger partial charge >= 0.3 is 0 Å². The molecule has 1 aliphatic rings. The minimum absolute atomic E-state index is 0.223. The summed E-state index contributed by atoms with van der Waals surface area (Å²) in [7, 11) is 1.63. The highest BCUT2D eigenvalue weighted by Crippen LogP contribution is 2.28. The molecular weight excluding hydrogens is 244 g/mol. The molecule has 1 saturated carbocycles. The van der Waals surface area contributed by atoms with Gasteiger partial charge in [-0.3, -0.25) is 4.79 Å². The molecule has 1 aliphatic carbocycles. The van der Waals surface area contributed by atoms with Gasteiger partial charge in [0.15, 0.2) is 5.78 Å². The van der Waals surface area contributed by atoms with E-state index in [0.717, 1.165) is 23.0 Å². The number of hydrogen-bond acceptors (Lipinski definition) is 3. The number of carbonyl (C=O) groups is 1. The van der Waals surface area contributed by atoms with E-state index < -0.39 is 0 Å². The maximum Gasteiger partial charge on any atom is 0.172 e. The number of thioether (sulfide) groups is 1. The molecule has 0 heterocycles. The Morgan fingerprint density at radius 1 is 1.28 bits per heavy atom. The first-order chi connectivity index (χ1) is 8.79. The van der Waals surface area contributed by atoms with Crippen molar-refractivity contribution in [3.05, 3.63) is 29.8 Å². The monoisotopic (exact) mass is 264 g/mol. The van der Waals surface area contributed by atoms with Crippen LogP contribution in [0.25, 0.3) is 0 Å². The molecule has 0 spiro atoms. The van der Waals surface area contributed by atoms with Gasteiger partial charge in [0.2, 0.25) is 0 Å². The highest BCUT2D eigenvalue weighted by molar-refractivity contribution is 7.99. The Morgan fingerprint density at radius 2 is 1.94 bits per heavy atom. The van der Waals surface area contributed by atoms with Gasteiger partial charge in [-0.05, 0) is 48.8 Å². The summed E-state index contributed by atoms with van der Waals surface area (Å²) in [6.45, 7) is 0. The SMILES string of the molecule is COc1ccc(C(=O)CSCC2CCCC2)cc1. The molecule has 98 valence electrons. The van der Waals surface area contributed by atoms with Crippen molar-refractivity contribution in [2.45, 2.75) is 25.7 Å². The quantitative estimate of drug-likeness (QED) is 0.731. The highest BCUT2D eigenvalue weighted by atomic mass is 32.2. The van der Waals surface area contributed by atoms with E-state index in [4.69, 9.17) is 4.74 Å². The van der Waals surface area contributed by atoms with E-state index in [0.29, 0.717) is 5.75 Å². The zero-order valence-electron chi connectivity index (χ0n) is 10.9. The molecule has 0 atom stereocenters. The third-order valence-corrected chi connectivity index (χ3v) is 4.65. The second kappa shape index (κ2) is 6.83. The minimum Gasteiger partial charge on any atom is -0.497 e. The second-order valence-electron chi connectivity index (χ2n) is 4.82. The second-order valence-corrected chi connectivity index (χ2v) is 5.85. The van der Waals surface area contributed by atoms with Crippen LogP contribution in [0.4, 0.5) is 0 Å². The van der Waals surface area contributed by atoms with Crippen molar-refractivity contribution in [3.8, 4) is 5.75 Å². The maximum atomic E-state index is 12.0. The molecule has 0 radical (unpaired) electrons. The Morgan fingerprint density at radius 3 is 2.56 bits per heavy atom. The number of rotatable bonds is 6. The molecule has 2 nitrogen and oxygen atoms in total. The third kappa shape index (κ3) is 3.77. The number of benzene rings is 1. The molecule has 0 aliphatic heterocycles. The third-order valence-electron chi connectivity index (χ3n) is 3.47. The normalized spacial score (nSPS) is 15.8. The molecule has 0 aromatic heterocycles. The van der Waals surface area contributed by atoms with Crippen molar-refractivity contribution in [3.63, 3.8) is 0 Å². The van der Waals surface area contributed by atoms with E-state index in [1.165, 1.54) is 25.7 Å². The number of ether oxygens (including phenoxy) is 1. The number of Topliss-reactive ketones (excluding diaryl/α,β-unsaturated/α-hetero) is 1. The number of hydrogen-bond donors (Lipinski definition) is 0. The predicted octanol–water partition coefficient (Wildman–Crippen LogP) is 3.80. The van der Waals surface area contributed by atoms with Crippen LogP contribution in [0, 0.1) is 5.92 Å². The first-order valence-electron chi connectivity index (χ1n) is 6.54. The summed E-state index contributed by atoms with van der Waals surface area (Å²) in [6, 6.07) is 7.37. The molecule has 1 aromatic rings. The summed E-state index contributed by atoms with van der Waals surface area (Å²) < 4.78 is 5.08. The maximum absolute atomic E-state index is 12.0. The van der Waals surface area contributed by atoms with Crippen molar-refractivity contribution < 1.29 is 9.53 Å². The molecule has 0 unspecified atom stereocenters. The lowest BCUT2D eigenvalue weighted by molar-refractivity contribution is 0.102. The molecule has 1 fully saturated rings. The van der Waals surface area contributed by atoms with E-state index >= 15 is 0 Å². The summed E-state index contributed by atoms with van der Waals surface area (Å²) in [5.74, 6) is 3.61. The lowest BCUT2D eigenvalue weighted by Gasteiger charge is -2.07. The summed E-state index contributed by atoms with van der Waals surface area (Å²) in [6.07, 6.45) is 5.45. The molecular formula is C15H20O2S. The molecule has 0 bridgehead atoms. The van der Waals surface area contributed by atoms with Crippen molar-refractivity contribution in [1.82, 2.24) is 0 Å². The summed E-state index contributed by atoms with van der Waals surface area (Å²) in [5.41, 5.74) is 0.787. The van der Waals surface area contributed by atoms with Crippen LogP contribution >= 0.6 is 11.8 Å². The van der Waals surface area contributed by atoms with E-state index in [9.17, 15) is 4.79 Å². The molecule has 0 N–H and O–H groups in total. The molecule has 0 amide bonds. The average molecular weight is 264 g/mol. The fourth-order valence-corrected chi connectivity index (χ4v) is 3.49. The number of carbonyl (C=O) groups excluding carboxylic acids is 1. The minimum atomic E-state index is 0.223. The number of methoxy groups -OCH3 is 1. The van der Waals surface area contributed by atoms with Gasteiger partial charge in [-0.1, -0.05) is 12.8 Å². The van der Waals surface area contributed by atoms with Crippen molar-refractivity contribution in [2.24, 2.45) is 5.92 Å². The van der Waals surface area contributed by atoms with Crippen LogP contribution in [-0.4, -0.2) is 24.4 Å². The lowest BCUT2D eigenvalue weighted by Crippen LogP contribution is -2.05. The summed E-state index contributed by atoms with van der Waals surface area (Å²) in [4.78, 5) is 12.0. The van der Waals surface area contributed by atoms with Crippen LogP contribution in [0.5, 0.6) is 5.75 Å². The average Bonchev–Trinajstić information content (AvgIpc) is 2.92. The van der Waals surface area contributed by atoms with Crippen molar-refractivity contribution in [1.29, 1.82) is 0 Å². The van der Waals surface area contributed by atoms with Gasteiger partial charge in [-0.2, -0.15) is 11.8 Å². The van der Waals surface area contributed by atoms with Gasteiger partial charge in [-0.25, -0.2) is 0 Å². The zero-order chi connectivity index (χ0) is 12.8. The largest absolute Gasteiger partial charge is 0.497 e. The fraction of sp³-hybridized carbons (Fsp3) is 0.533. The Hall–Kier alpha value is -0.960. The van der Waals surface area contributed by atoms with E-state index in [2.05, 4.69) is 0 Å². The van der Waals surface area contributed by atoms with Gasteiger partial charge < -0.3 is 4.74 Å². The van der Waals surface area contributed by atoms with Crippen LogP contribution in [0.1, 0.15) is 36.0 Å². The molecule has 0 saturated heterocycles. The topological polar surface area (TPSA) is 26.3 Å². The van der Waals surface area contributed by atoms with Gasteiger partial charge in [0.25, 0.3) is 0 Å². The predicted molar refractivity (Wildman–Crippen MR) is 76.6 cm³/mol. The van der Waals surface area contributed by atoms with Gasteiger partial charge in [-0.15, -0.1) is 0 Å². The summed E-state index contributed by atoms with van der Waals surface area (Å²) in [5, 5.41) is 0. The van der Waals surface area contributed by atoms with Crippen LogP contribution in [0.3, 0.4) is 0 Å². The molecule has 2 rings (SSSR count). The molecule has 18 heavy (non-hydrogen) atoms. The Balaban J connectivity index is 1.76. The van der Waals surface area contributed by atoms with E-state index in [1.54, 1.807) is 18.9 Å². The summed E-state index contributed by atoms with van der Waals surface area (Å²) >= 11 is 1.78. The number of ketones is 1. The van der Waals surface area contributed by atoms with Gasteiger partial charge in [0, 0.05) is 5.56 Å². The van der Waals surface area contributed by atoms with Crippen LogP contribution in [0.2, 0.25) is 0 Å². The Kier molecular flexibility index (Phi) is 5.12.